The lowest BCUT2D eigenvalue weighted by atomic mass is 9.89. The summed E-state index contributed by atoms with van der Waals surface area (Å²) in [5.74, 6) is 0.685. The Balaban J connectivity index is 1.71. The first-order valence-corrected chi connectivity index (χ1v) is 9.51. The zero-order chi connectivity index (χ0) is 18.7. The number of likely N-dealkylation sites (tertiary alicyclic amines) is 1. The highest BCUT2D eigenvalue weighted by atomic mass is 16.2. The summed E-state index contributed by atoms with van der Waals surface area (Å²) in [4.78, 5) is 23.8. The number of hydrogen-bond acceptors (Lipinski definition) is 4. The van der Waals surface area contributed by atoms with E-state index in [0.717, 1.165) is 56.0 Å². The molecular weight excluding hydrogens is 326 g/mol. The fourth-order valence-electron chi connectivity index (χ4n) is 3.62. The van der Waals surface area contributed by atoms with Crippen molar-refractivity contribution in [2.45, 2.75) is 53.5 Å². The van der Waals surface area contributed by atoms with Crippen molar-refractivity contribution in [3.8, 4) is 11.4 Å². The Morgan fingerprint density at radius 3 is 2.85 bits per heavy atom. The lowest BCUT2D eigenvalue weighted by molar-refractivity contribution is -0.141. The average molecular weight is 355 g/mol. The maximum Gasteiger partial charge on any atom is 0.227 e. The highest BCUT2D eigenvalue weighted by Gasteiger charge is 2.31. The number of carbonyl (C=O) groups is 1. The number of carbonyl (C=O) groups excluding carboxylic acids is 1. The van der Waals surface area contributed by atoms with E-state index >= 15 is 0 Å². The van der Waals surface area contributed by atoms with Crippen molar-refractivity contribution >= 4 is 5.91 Å². The predicted molar refractivity (Wildman–Crippen MR) is 101 cm³/mol. The van der Waals surface area contributed by atoms with Crippen LogP contribution in [0.1, 0.15) is 46.2 Å². The third kappa shape index (κ3) is 4.11. The highest BCUT2D eigenvalue weighted by molar-refractivity contribution is 5.81. The molecule has 1 atom stereocenters. The topological polar surface area (TPSA) is 63.9 Å². The van der Waals surface area contributed by atoms with Gasteiger partial charge in [-0.2, -0.15) is 5.10 Å². The zero-order valence-corrected chi connectivity index (χ0v) is 16.3. The summed E-state index contributed by atoms with van der Waals surface area (Å²) in [6, 6.07) is 1.97. The molecule has 0 radical (unpaired) electrons. The highest BCUT2D eigenvalue weighted by Crippen LogP contribution is 2.25. The quantitative estimate of drug-likeness (QED) is 0.845. The monoisotopic (exact) mass is 355 g/mol. The van der Waals surface area contributed by atoms with Crippen LogP contribution in [0, 0.1) is 11.3 Å². The zero-order valence-electron chi connectivity index (χ0n) is 16.3. The molecule has 1 aliphatic rings. The van der Waals surface area contributed by atoms with Gasteiger partial charge in [-0.05, 0) is 38.2 Å². The molecule has 3 rings (SSSR count). The summed E-state index contributed by atoms with van der Waals surface area (Å²) >= 11 is 0. The Kier molecular flexibility index (Phi) is 5.39. The molecule has 0 saturated carbocycles. The van der Waals surface area contributed by atoms with Crippen molar-refractivity contribution < 1.29 is 4.79 Å². The average Bonchev–Trinajstić information content (AvgIpc) is 3.09. The molecule has 6 nitrogen and oxygen atoms in total. The van der Waals surface area contributed by atoms with E-state index in [4.69, 9.17) is 4.98 Å². The third-order valence-electron chi connectivity index (χ3n) is 4.91. The Morgan fingerprint density at radius 1 is 1.31 bits per heavy atom. The maximum absolute atomic E-state index is 12.6. The first kappa shape index (κ1) is 18.5. The van der Waals surface area contributed by atoms with Crippen LogP contribution in [0.25, 0.3) is 11.4 Å². The molecule has 26 heavy (non-hydrogen) atoms. The summed E-state index contributed by atoms with van der Waals surface area (Å²) in [6.07, 6.45) is 8.48. The van der Waals surface area contributed by atoms with Crippen LogP contribution >= 0.6 is 0 Å². The van der Waals surface area contributed by atoms with Crippen molar-refractivity contribution in [1.82, 2.24) is 24.6 Å². The fourth-order valence-corrected chi connectivity index (χ4v) is 3.62. The Bertz CT molecular complexity index is 762. The van der Waals surface area contributed by atoms with Crippen LogP contribution in [-0.4, -0.2) is 43.6 Å². The molecule has 140 valence electrons. The Labute approximate surface area is 155 Å². The number of hydrogen-bond donors (Lipinski definition) is 0. The summed E-state index contributed by atoms with van der Waals surface area (Å²) in [7, 11) is 0. The van der Waals surface area contributed by atoms with E-state index in [-0.39, 0.29) is 11.3 Å². The van der Waals surface area contributed by atoms with Gasteiger partial charge in [-0.15, -0.1) is 0 Å². The van der Waals surface area contributed by atoms with Crippen LogP contribution in [0.2, 0.25) is 0 Å². The number of piperidine rings is 1. The molecular formula is C20H29N5O. The molecule has 0 aliphatic carbocycles. The molecule has 1 amide bonds. The first-order valence-electron chi connectivity index (χ1n) is 9.51. The normalized spacial score (nSPS) is 18.2. The van der Waals surface area contributed by atoms with Crippen molar-refractivity contribution in [3.05, 3.63) is 30.4 Å². The molecule has 2 aromatic heterocycles. The lowest BCUT2D eigenvalue weighted by Gasteiger charge is -2.36. The van der Waals surface area contributed by atoms with Crippen LogP contribution in [0.4, 0.5) is 0 Å². The second-order valence-corrected chi connectivity index (χ2v) is 8.14. The van der Waals surface area contributed by atoms with Gasteiger partial charge in [0.15, 0.2) is 0 Å². The number of aryl methyl sites for hydroxylation is 1. The molecule has 0 aromatic carbocycles. The molecule has 1 aliphatic heterocycles. The molecule has 3 heterocycles. The van der Waals surface area contributed by atoms with E-state index in [2.05, 4.69) is 17.0 Å². The minimum atomic E-state index is -0.319. The molecule has 2 aromatic rings. The van der Waals surface area contributed by atoms with Gasteiger partial charge in [-0.3, -0.25) is 14.5 Å². The molecule has 0 bridgehead atoms. The standard InChI is InChI=1S/C20H29N5O/c1-5-25-18(8-9-22-25)17-13-21-12-16(23-17)11-15-7-6-10-24(14-15)19(26)20(2,3)4/h8-9,12-13,15H,5-7,10-11,14H2,1-4H3/t15-/m0/s1. The maximum atomic E-state index is 12.6. The van der Waals surface area contributed by atoms with Gasteiger partial charge in [0.05, 0.1) is 17.6 Å². The van der Waals surface area contributed by atoms with Crippen LogP contribution in [0.5, 0.6) is 0 Å². The van der Waals surface area contributed by atoms with E-state index in [1.165, 1.54) is 0 Å². The van der Waals surface area contributed by atoms with Crippen molar-refractivity contribution in [1.29, 1.82) is 0 Å². The van der Waals surface area contributed by atoms with Gasteiger partial charge < -0.3 is 4.90 Å². The summed E-state index contributed by atoms with van der Waals surface area (Å²) in [5, 5.41) is 4.31. The summed E-state index contributed by atoms with van der Waals surface area (Å²) in [5.41, 5.74) is 2.52. The third-order valence-corrected chi connectivity index (χ3v) is 4.91. The molecule has 1 saturated heterocycles. The van der Waals surface area contributed by atoms with Gasteiger partial charge in [-0.1, -0.05) is 20.8 Å². The van der Waals surface area contributed by atoms with Crippen LogP contribution in [0.3, 0.4) is 0 Å². The SMILES string of the molecule is CCn1nccc1-c1cncc(C[C@@H]2CCCN(C(=O)C(C)(C)C)C2)n1. The second kappa shape index (κ2) is 7.56. The van der Waals surface area contributed by atoms with Crippen LogP contribution in [-0.2, 0) is 17.8 Å². The minimum absolute atomic E-state index is 0.244. The van der Waals surface area contributed by atoms with Crippen molar-refractivity contribution in [3.63, 3.8) is 0 Å². The van der Waals surface area contributed by atoms with Crippen molar-refractivity contribution in [2.24, 2.45) is 11.3 Å². The number of nitrogens with zero attached hydrogens (tertiary/aromatic N) is 5. The van der Waals surface area contributed by atoms with E-state index in [1.54, 1.807) is 12.4 Å². The summed E-state index contributed by atoms with van der Waals surface area (Å²) in [6.45, 7) is 10.5. The molecule has 6 heteroatoms. The molecule has 0 N–H and O–H groups in total. The summed E-state index contributed by atoms with van der Waals surface area (Å²) < 4.78 is 1.93. The van der Waals surface area contributed by atoms with Gasteiger partial charge >= 0.3 is 0 Å². The number of amides is 1. The Morgan fingerprint density at radius 2 is 2.12 bits per heavy atom. The van der Waals surface area contributed by atoms with Crippen LogP contribution in [0.15, 0.2) is 24.7 Å². The van der Waals surface area contributed by atoms with Crippen molar-refractivity contribution in [2.75, 3.05) is 13.1 Å². The van der Waals surface area contributed by atoms with E-state index in [9.17, 15) is 4.79 Å². The van der Waals surface area contributed by atoms with E-state index in [1.807, 2.05) is 42.6 Å². The Hall–Kier alpha value is -2.24. The fraction of sp³-hybridized carbons (Fsp3) is 0.600. The van der Waals surface area contributed by atoms with Gasteiger partial charge in [0, 0.05) is 37.4 Å². The van der Waals surface area contributed by atoms with E-state index < -0.39 is 0 Å². The largest absolute Gasteiger partial charge is 0.342 e. The van der Waals surface area contributed by atoms with Crippen LogP contribution < -0.4 is 0 Å². The minimum Gasteiger partial charge on any atom is -0.342 e. The van der Waals surface area contributed by atoms with Gasteiger partial charge in [0.1, 0.15) is 5.69 Å². The van der Waals surface area contributed by atoms with Gasteiger partial charge in [0.25, 0.3) is 0 Å². The second-order valence-electron chi connectivity index (χ2n) is 8.14. The number of aromatic nitrogens is 4. The molecule has 0 unspecified atom stereocenters. The van der Waals surface area contributed by atoms with Gasteiger partial charge in [-0.25, -0.2) is 4.98 Å². The van der Waals surface area contributed by atoms with E-state index in [0.29, 0.717) is 5.92 Å². The first-order chi connectivity index (χ1) is 12.4. The molecule has 1 fully saturated rings. The van der Waals surface area contributed by atoms with Gasteiger partial charge in [0.2, 0.25) is 5.91 Å². The smallest absolute Gasteiger partial charge is 0.227 e. The predicted octanol–water partition coefficient (Wildman–Crippen LogP) is 3.19. The molecule has 0 spiro atoms. The lowest BCUT2D eigenvalue weighted by Crippen LogP contribution is -2.45. The number of rotatable bonds is 4.